The van der Waals surface area contributed by atoms with Crippen LogP contribution in [0.1, 0.15) is 36.6 Å². The Hall–Kier alpha value is -1.60. The third kappa shape index (κ3) is 3.72. The Kier molecular flexibility index (Phi) is 4.92. The van der Waals surface area contributed by atoms with Gasteiger partial charge in [-0.2, -0.15) is 5.26 Å². The molecule has 92 valence electrons. The lowest BCUT2D eigenvalue weighted by molar-refractivity contribution is 0.164. The molecular formula is C13H19N3O. The summed E-state index contributed by atoms with van der Waals surface area (Å²) < 4.78 is 0. The van der Waals surface area contributed by atoms with Gasteiger partial charge in [0.05, 0.1) is 11.7 Å². The van der Waals surface area contributed by atoms with Crippen molar-refractivity contribution in [1.29, 1.82) is 5.26 Å². The van der Waals surface area contributed by atoms with Crippen molar-refractivity contribution in [2.45, 2.75) is 39.7 Å². The number of nitrogens with zero attached hydrogens (tertiary/aromatic N) is 2. The normalized spacial score (nSPS) is 11.9. The van der Waals surface area contributed by atoms with Crippen LogP contribution in [0.2, 0.25) is 0 Å². The lowest BCUT2D eigenvalue weighted by Gasteiger charge is -2.12. The number of anilines is 1. The molecule has 1 rings (SSSR count). The number of pyridine rings is 1. The van der Waals surface area contributed by atoms with E-state index in [0.717, 1.165) is 17.7 Å². The Balaban J connectivity index is 2.74. The number of aromatic nitrogens is 1. The molecule has 0 fully saturated rings. The Labute approximate surface area is 102 Å². The second-order valence-electron chi connectivity index (χ2n) is 4.19. The largest absolute Gasteiger partial charge is 0.393 e. The van der Waals surface area contributed by atoms with E-state index in [4.69, 9.17) is 5.26 Å². The molecule has 0 spiro atoms. The maximum Gasteiger partial charge on any atom is 0.144 e. The van der Waals surface area contributed by atoms with Gasteiger partial charge in [0.1, 0.15) is 11.9 Å². The van der Waals surface area contributed by atoms with Crippen LogP contribution < -0.4 is 5.32 Å². The summed E-state index contributed by atoms with van der Waals surface area (Å²) in [5.74, 6) is 0.619. The van der Waals surface area contributed by atoms with E-state index in [2.05, 4.69) is 16.4 Å². The van der Waals surface area contributed by atoms with Gasteiger partial charge in [0, 0.05) is 12.2 Å². The zero-order valence-electron chi connectivity index (χ0n) is 10.6. The first-order valence-corrected chi connectivity index (χ1v) is 5.88. The average Bonchev–Trinajstić information content (AvgIpc) is 2.28. The SMILES string of the molecule is CCC(O)CCNc1nc(C)cc(C)c1C#N. The Morgan fingerprint density at radius 3 is 2.82 bits per heavy atom. The van der Waals surface area contributed by atoms with Gasteiger partial charge in [0.15, 0.2) is 0 Å². The third-order valence-corrected chi connectivity index (χ3v) is 2.70. The summed E-state index contributed by atoms with van der Waals surface area (Å²) in [5, 5.41) is 21.6. The first-order chi connectivity index (χ1) is 8.08. The molecule has 0 saturated carbocycles. The van der Waals surface area contributed by atoms with Crippen molar-refractivity contribution in [2.75, 3.05) is 11.9 Å². The molecule has 1 aromatic heterocycles. The molecule has 0 aromatic carbocycles. The highest BCUT2D eigenvalue weighted by molar-refractivity contribution is 5.56. The van der Waals surface area contributed by atoms with Gasteiger partial charge in [-0.25, -0.2) is 4.98 Å². The molecule has 17 heavy (non-hydrogen) atoms. The standard InChI is InChI=1S/C13H19N3O/c1-4-11(17)5-6-15-13-12(8-14)9(2)7-10(3)16-13/h7,11,17H,4-6H2,1-3H3,(H,15,16). The van der Waals surface area contributed by atoms with Crippen molar-refractivity contribution < 1.29 is 5.11 Å². The minimum absolute atomic E-state index is 0.293. The monoisotopic (exact) mass is 233 g/mol. The molecule has 0 aliphatic carbocycles. The van der Waals surface area contributed by atoms with Crippen LogP contribution in [0, 0.1) is 25.2 Å². The molecular weight excluding hydrogens is 214 g/mol. The molecule has 4 nitrogen and oxygen atoms in total. The van der Waals surface area contributed by atoms with Crippen molar-refractivity contribution in [1.82, 2.24) is 4.98 Å². The zero-order chi connectivity index (χ0) is 12.8. The Bertz CT molecular complexity index is 423. The molecule has 1 aromatic rings. The Morgan fingerprint density at radius 2 is 2.24 bits per heavy atom. The Morgan fingerprint density at radius 1 is 1.53 bits per heavy atom. The number of aliphatic hydroxyl groups is 1. The number of aryl methyl sites for hydroxylation is 2. The van der Waals surface area contributed by atoms with Gasteiger partial charge >= 0.3 is 0 Å². The van der Waals surface area contributed by atoms with E-state index in [-0.39, 0.29) is 6.10 Å². The van der Waals surface area contributed by atoms with Crippen molar-refractivity contribution >= 4 is 5.82 Å². The maximum absolute atomic E-state index is 9.45. The summed E-state index contributed by atoms with van der Waals surface area (Å²) in [6, 6.07) is 4.05. The number of hydrogen-bond acceptors (Lipinski definition) is 4. The lowest BCUT2D eigenvalue weighted by Crippen LogP contribution is -2.14. The van der Waals surface area contributed by atoms with Gasteiger partial charge in [-0.15, -0.1) is 0 Å². The lowest BCUT2D eigenvalue weighted by atomic mass is 10.1. The van der Waals surface area contributed by atoms with E-state index in [1.165, 1.54) is 0 Å². The average molecular weight is 233 g/mol. The second-order valence-corrected chi connectivity index (χ2v) is 4.19. The summed E-state index contributed by atoms with van der Waals surface area (Å²) in [7, 11) is 0. The highest BCUT2D eigenvalue weighted by Crippen LogP contribution is 2.17. The van der Waals surface area contributed by atoms with E-state index in [1.807, 2.05) is 26.8 Å². The molecule has 1 heterocycles. The fourth-order valence-corrected chi connectivity index (χ4v) is 1.67. The molecule has 2 N–H and O–H groups in total. The first kappa shape index (κ1) is 13.5. The van der Waals surface area contributed by atoms with Crippen LogP contribution in [0.15, 0.2) is 6.07 Å². The van der Waals surface area contributed by atoms with Gasteiger partial charge in [0.25, 0.3) is 0 Å². The topological polar surface area (TPSA) is 68.9 Å². The van der Waals surface area contributed by atoms with Crippen molar-refractivity contribution in [3.05, 3.63) is 22.9 Å². The molecule has 1 atom stereocenters. The van der Waals surface area contributed by atoms with Gasteiger partial charge < -0.3 is 10.4 Å². The molecule has 1 unspecified atom stereocenters. The zero-order valence-corrected chi connectivity index (χ0v) is 10.6. The van der Waals surface area contributed by atoms with Crippen LogP contribution >= 0.6 is 0 Å². The minimum atomic E-state index is -0.293. The van der Waals surface area contributed by atoms with Gasteiger partial charge in [-0.3, -0.25) is 0 Å². The van der Waals surface area contributed by atoms with Crippen LogP contribution in [0.5, 0.6) is 0 Å². The summed E-state index contributed by atoms with van der Waals surface area (Å²) in [6.07, 6.45) is 1.11. The van der Waals surface area contributed by atoms with Crippen molar-refractivity contribution in [2.24, 2.45) is 0 Å². The summed E-state index contributed by atoms with van der Waals surface area (Å²) in [6.45, 7) is 6.37. The maximum atomic E-state index is 9.45. The fourth-order valence-electron chi connectivity index (χ4n) is 1.67. The van der Waals surface area contributed by atoms with Crippen LogP contribution in [-0.2, 0) is 0 Å². The number of nitriles is 1. The summed E-state index contributed by atoms with van der Waals surface area (Å²) >= 11 is 0. The van der Waals surface area contributed by atoms with E-state index >= 15 is 0 Å². The molecule has 0 aliphatic heterocycles. The van der Waals surface area contributed by atoms with Crippen LogP contribution in [0.3, 0.4) is 0 Å². The first-order valence-electron chi connectivity index (χ1n) is 5.88. The number of nitrogens with one attached hydrogen (secondary N) is 1. The third-order valence-electron chi connectivity index (χ3n) is 2.70. The molecule has 0 aliphatic rings. The fraction of sp³-hybridized carbons (Fsp3) is 0.538. The van der Waals surface area contributed by atoms with Crippen LogP contribution in [0.25, 0.3) is 0 Å². The smallest absolute Gasteiger partial charge is 0.144 e. The van der Waals surface area contributed by atoms with Gasteiger partial charge in [-0.05, 0) is 38.3 Å². The minimum Gasteiger partial charge on any atom is -0.393 e. The van der Waals surface area contributed by atoms with Crippen LogP contribution in [0.4, 0.5) is 5.82 Å². The summed E-state index contributed by atoms with van der Waals surface area (Å²) in [5.41, 5.74) is 2.40. The molecule has 4 heteroatoms. The molecule has 0 radical (unpaired) electrons. The van der Waals surface area contributed by atoms with Crippen molar-refractivity contribution in [3.63, 3.8) is 0 Å². The number of hydrogen-bond donors (Lipinski definition) is 2. The predicted molar refractivity (Wildman–Crippen MR) is 67.8 cm³/mol. The van der Waals surface area contributed by atoms with Crippen molar-refractivity contribution in [3.8, 4) is 6.07 Å². The number of aliphatic hydroxyl groups excluding tert-OH is 1. The second kappa shape index (κ2) is 6.21. The number of rotatable bonds is 5. The van der Waals surface area contributed by atoms with E-state index < -0.39 is 0 Å². The van der Waals surface area contributed by atoms with Crippen LogP contribution in [-0.4, -0.2) is 22.7 Å². The molecule has 0 saturated heterocycles. The van der Waals surface area contributed by atoms with E-state index in [1.54, 1.807) is 0 Å². The van der Waals surface area contributed by atoms with Gasteiger partial charge in [0.2, 0.25) is 0 Å². The highest BCUT2D eigenvalue weighted by atomic mass is 16.3. The highest BCUT2D eigenvalue weighted by Gasteiger charge is 2.08. The summed E-state index contributed by atoms with van der Waals surface area (Å²) in [4.78, 5) is 4.31. The molecule has 0 bridgehead atoms. The quantitative estimate of drug-likeness (QED) is 0.817. The molecule has 0 amide bonds. The van der Waals surface area contributed by atoms with Gasteiger partial charge in [-0.1, -0.05) is 6.92 Å². The van der Waals surface area contributed by atoms with E-state index in [0.29, 0.717) is 24.3 Å². The predicted octanol–water partition coefficient (Wildman–Crippen LogP) is 2.14. The van der Waals surface area contributed by atoms with E-state index in [9.17, 15) is 5.11 Å².